The van der Waals surface area contributed by atoms with Crippen LogP contribution in [0.2, 0.25) is 0 Å². The molecular weight excluding hydrogens is 316 g/mol. The lowest BCUT2D eigenvalue weighted by atomic mass is 9.80. The predicted molar refractivity (Wildman–Crippen MR) is 83.1 cm³/mol. The average Bonchev–Trinajstić information content (AvgIpc) is 2.88. The number of rotatable bonds is 2. The van der Waals surface area contributed by atoms with Gasteiger partial charge in [0.2, 0.25) is 0 Å². The van der Waals surface area contributed by atoms with Crippen molar-refractivity contribution < 1.29 is 9.53 Å². The molecule has 0 radical (unpaired) electrons. The Bertz CT molecular complexity index is 518. The number of halogens is 1. The van der Waals surface area contributed by atoms with Crippen LogP contribution in [0, 0.1) is 12.8 Å². The monoisotopic (exact) mass is 336 g/mol. The molecule has 1 aromatic carbocycles. The topological polar surface area (TPSA) is 26.3 Å². The highest BCUT2D eigenvalue weighted by Gasteiger charge is 2.42. The van der Waals surface area contributed by atoms with Crippen LogP contribution in [-0.2, 0) is 4.74 Å². The molecule has 1 saturated carbocycles. The van der Waals surface area contributed by atoms with Crippen LogP contribution < -0.4 is 0 Å². The molecule has 0 bridgehead atoms. The third kappa shape index (κ3) is 2.71. The summed E-state index contributed by atoms with van der Waals surface area (Å²) in [7, 11) is 0. The Labute approximate surface area is 129 Å². The Kier molecular flexibility index (Phi) is 4.00. The molecule has 0 aromatic heterocycles. The van der Waals surface area contributed by atoms with Crippen LogP contribution in [0.1, 0.15) is 54.4 Å². The summed E-state index contributed by atoms with van der Waals surface area (Å²) < 4.78 is 7.02. The van der Waals surface area contributed by atoms with E-state index in [-0.39, 0.29) is 11.5 Å². The normalized spacial score (nSPS) is 25.0. The van der Waals surface area contributed by atoms with E-state index in [1.165, 1.54) is 12.8 Å². The van der Waals surface area contributed by atoms with Gasteiger partial charge in [-0.05, 0) is 50.3 Å². The molecule has 1 aliphatic carbocycles. The van der Waals surface area contributed by atoms with Crippen LogP contribution in [0.4, 0.5) is 0 Å². The maximum absolute atomic E-state index is 12.8. The molecule has 1 spiro atoms. The fraction of sp³-hybridized carbons (Fsp3) is 0.588. The molecule has 1 heterocycles. The van der Waals surface area contributed by atoms with Crippen LogP contribution in [0.5, 0.6) is 0 Å². The molecule has 1 aliphatic heterocycles. The lowest BCUT2D eigenvalue weighted by Crippen LogP contribution is -2.39. The number of benzene rings is 1. The lowest BCUT2D eigenvalue weighted by molar-refractivity contribution is -0.0866. The van der Waals surface area contributed by atoms with E-state index in [9.17, 15) is 4.79 Å². The van der Waals surface area contributed by atoms with Crippen molar-refractivity contribution in [1.82, 2.24) is 0 Å². The number of ether oxygens (including phenoxy) is 1. The smallest absolute Gasteiger partial charge is 0.166 e. The zero-order valence-corrected chi connectivity index (χ0v) is 13.5. The van der Waals surface area contributed by atoms with E-state index in [1.807, 2.05) is 25.1 Å². The van der Waals surface area contributed by atoms with Gasteiger partial charge in [-0.25, -0.2) is 0 Å². The van der Waals surface area contributed by atoms with Crippen molar-refractivity contribution in [1.29, 1.82) is 0 Å². The largest absolute Gasteiger partial charge is 0.375 e. The molecule has 1 unspecified atom stereocenters. The van der Waals surface area contributed by atoms with Gasteiger partial charge in [-0.3, -0.25) is 4.79 Å². The van der Waals surface area contributed by atoms with E-state index in [2.05, 4.69) is 15.9 Å². The van der Waals surface area contributed by atoms with Crippen LogP contribution in [0.15, 0.2) is 22.7 Å². The first-order valence-electron chi connectivity index (χ1n) is 7.54. The molecule has 2 nitrogen and oxygen atoms in total. The minimum atomic E-state index is 0.0124. The number of aryl methyl sites for hydroxylation is 1. The first-order valence-corrected chi connectivity index (χ1v) is 8.33. The Morgan fingerprint density at radius 2 is 2.10 bits per heavy atom. The molecule has 20 heavy (non-hydrogen) atoms. The van der Waals surface area contributed by atoms with Crippen molar-refractivity contribution in [2.45, 2.75) is 51.0 Å². The Morgan fingerprint density at radius 1 is 1.35 bits per heavy atom. The maximum atomic E-state index is 12.8. The predicted octanol–water partition coefficient (Wildman–Crippen LogP) is 4.68. The number of hydrogen-bond acceptors (Lipinski definition) is 2. The van der Waals surface area contributed by atoms with E-state index < -0.39 is 0 Å². The van der Waals surface area contributed by atoms with Gasteiger partial charge < -0.3 is 4.74 Å². The molecule has 2 aliphatic rings. The van der Waals surface area contributed by atoms with Gasteiger partial charge in [0.05, 0.1) is 5.60 Å². The van der Waals surface area contributed by atoms with Crippen molar-refractivity contribution in [3.63, 3.8) is 0 Å². The molecule has 1 aromatic rings. The highest BCUT2D eigenvalue weighted by molar-refractivity contribution is 9.10. The van der Waals surface area contributed by atoms with Crippen molar-refractivity contribution in [3.8, 4) is 0 Å². The Morgan fingerprint density at radius 3 is 2.85 bits per heavy atom. The van der Waals surface area contributed by atoms with Gasteiger partial charge in [0, 0.05) is 22.6 Å². The minimum absolute atomic E-state index is 0.0124. The zero-order chi connectivity index (χ0) is 14.2. The molecule has 1 saturated heterocycles. The van der Waals surface area contributed by atoms with Gasteiger partial charge >= 0.3 is 0 Å². The fourth-order valence-corrected chi connectivity index (χ4v) is 4.06. The van der Waals surface area contributed by atoms with Gasteiger partial charge in [0.1, 0.15) is 0 Å². The maximum Gasteiger partial charge on any atom is 0.166 e. The Hall–Kier alpha value is -0.670. The van der Waals surface area contributed by atoms with Gasteiger partial charge in [-0.2, -0.15) is 0 Å². The summed E-state index contributed by atoms with van der Waals surface area (Å²) in [5.74, 6) is 0.438. The number of ketones is 1. The first-order chi connectivity index (χ1) is 9.60. The minimum Gasteiger partial charge on any atom is -0.375 e. The van der Waals surface area contributed by atoms with Crippen molar-refractivity contribution in [2.75, 3.05) is 6.61 Å². The summed E-state index contributed by atoms with van der Waals surface area (Å²) in [5, 5.41) is 0. The van der Waals surface area contributed by atoms with Gasteiger partial charge in [-0.15, -0.1) is 0 Å². The van der Waals surface area contributed by atoms with Crippen molar-refractivity contribution in [2.24, 2.45) is 5.92 Å². The van der Waals surface area contributed by atoms with E-state index in [1.54, 1.807) is 0 Å². The van der Waals surface area contributed by atoms with E-state index in [4.69, 9.17) is 4.74 Å². The van der Waals surface area contributed by atoms with Crippen molar-refractivity contribution in [3.05, 3.63) is 33.8 Å². The Balaban J connectivity index is 1.81. The highest BCUT2D eigenvalue weighted by Crippen LogP contribution is 2.43. The molecule has 0 amide bonds. The summed E-state index contributed by atoms with van der Waals surface area (Å²) in [5.41, 5.74) is 1.96. The highest BCUT2D eigenvalue weighted by atomic mass is 79.9. The van der Waals surface area contributed by atoms with Crippen LogP contribution in [0.3, 0.4) is 0 Å². The fourth-order valence-electron chi connectivity index (χ4n) is 3.70. The van der Waals surface area contributed by atoms with E-state index in [0.29, 0.717) is 5.78 Å². The number of carbonyl (C=O) groups excluding carboxylic acids is 1. The third-order valence-corrected chi connectivity index (χ3v) is 5.34. The first kappa shape index (κ1) is 14.3. The standard InChI is InChI=1S/C17H21BrO2/c1-12-4-5-14(18)10-15(12)16(19)13-6-9-20-17(11-13)7-2-3-8-17/h4-5,10,13H,2-3,6-9,11H2,1H3. The molecule has 1 atom stereocenters. The van der Waals surface area contributed by atoms with Gasteiger partial charge in [0.25, 0.3) is 0 Å². The second kappa shape index (κ2) is 5.61. The molecule has 3 rings (SSSR count). The summed E-state index contributed by atoms with van der Waals surface area (Å²) in [4.78, 5) is 12.8. The molecule has 0 N–H and O–H groups in total. The second-order valence-corrected chi connectivity index (χ2v) is 7.17. The summed E-state index contributed by atoms with van der Waals surface area (Å²) in [6, 6.07) is 5.98. The SMILES string of the molecule is Cc1ccc(Br)cc1C(=O)C1CCOC2(CCCC2)C1. The van der Waals surface area contributed by atoms with E-state index >= 15 is 0 Å². The summed E-state index contributed by atoms with van der Waals surface area (Å²) in [6.45, 7) is 2.76. The lowest BCUT2D eigenvalue weighted by Gasteiger charge is -2.37. The van der Waals surface area contributed by atoms with Gasteiger partial charge in [-0.1, -0.05) is 34.8 Å². The summed E-state index contributed by atoms with van der Waals surface area (Å²) in [6.07, 6.45) is 6.54. The summed E-state index contributed by atoms with van der Waals surface area (Å²) >= 11 is 3.47. The number of carbonyl (C=O) groups is 1. The second-order valence-electron chi connectivity index (χ2n) is 6.25. The molecule has 3 heteroatoms. The quantitative estimate of drug-likeness (QED) is 0.733. The third-order valence-electron chi connectivity index (χ3n) is 4.84. The number of hydrogen-bond donors (Lipinski definition) is 0. The van der Waals surface area contributed by atoms with Crippen LogP contribution in [-0.4, -0.2) is 18.0 Å². The van der Waals surface area contributed by atoms with Crippen molar-refractivity contribution >= 4 is 21.7 Å². The van der Waals surface area contributed by atoms with Gasteiger partial charge in [0.15, 0.2) is 5.78 Å². The molecular formula is C17H21BrO2. The molecule has 108 valence electrons. The van der Waals surface area contributed by atoms with E-state index in [0.717, 1.165) is 47.9 Å². The molecule has 2 fully saturated rings. The zero-order valence-electron chi connectivity index (χ0n) is 12.0. The van der Waals surface area contributed by atoms with Crippen LogP contribution >= 0.6 is 15.9 Å². The average molecular weight is 337 g/mol. The van der Waals surface area contributed by atoms with Crippen LogP contribution in [0.25, 0.3) is 0 Å². The number of Topliss-reactive ketones (excluding diaryl/α,β-unsaturated/α-hetero) is 1.